The number of aromatic nitrogens is 4. The van der Waals surface area contributed by atoms with E-state index in [-0.39, 0.29) is 0 Å². The predicted molar refractivity (Wildman–Crippen MR) is 281 cm³/mol. The summed E-state index contributed by atoms with van der Waals surface area (Å²) in [5, 5.41) is 35.0. The number of para-hydroxylation sites is 8. The Bertz CT molecular complexity index is 4510. The Hall–Kier alpha value is -9.82. The molecule has 7 nitrogen and oxygen atoms in total. The van der Waals surface area contributed by atoms with Crippen molar-refractivity contribution in [1.29, 1.82) is 10.5 Å². The first-order chi connectivity index (χ1) is 34.2. The molecule has 7 heteroatoms. The van der Waals surface area contributed by atoms with Crippen LogP contribution in [-0.4, -0.2) is 18.3 Å². The molecular weight excluding hydrogens is 845 g/mol. The van der Waals surface area contributed by atoms with Gasteiger partial charge in [-0.3, -0.25) is 0 Å². The summed E-state index contributed by atoms with van der Waals surface area (Å²) in [6.45, 7) is 0. The van der Waals surface area contributed by atoms with Crippen molar-refractivity contribution in [3.63, 3.8) is 0 Å². The summed E-state index contributed by atoms with van der Waals surface area (Å²) in [6.07, 6.45) is 0. The Morgan fingerprint density at radius 3 is 0.986 bits per heavy atom. The highest BCUT2D eigenvalue weighted by Gasteiger charge is 2.35. The van der Waals surface area contributed by atoms with E-state index in [0.29, 0.717) is 33.9 Å². The fourth-order valence-electron chi connectivity index (χ4n) is 11.8. The monoisotopic (exact) mass is 878 g/mol. The van der Waals surface area contributed by atoms with Crippen LogP contribution in [0.3, 0.4) is 0 Å². The minimum Gasteiger partial charge on any atom is -0.456 e. The van der Waals surface area contributed by atoms with E-state index in [1.807, 2.05) is 36.4 Å². The number of hydrogen-bond acceptors (Lipinski definition) is 3. The van der Waals surface area contributed by atoms with Crippen LogP contribution < -0.4 is 0 Å². The molecule has 0 aliphatic carbocycles. The fraction of sp³-hybridized carbons (Fsp3) is 0. The second-order valence-electron chi connectivity index (χ2n) is 17.8. The van der Waals surface area contributed by atoms with Crippen molar-refractivity contribution in [2.24, 2.45) is 0 Å². The highest BCUT2D eigenvalue weighted by atomic mass is 16.3. The molecule has 0 saturated heterocycles. The minimum absolute atomic E-state index is 0.360. The standard InChI is InChI=1S/C62H34N6O/c63-35-46-58(65-48-25-9-1-17-37(48)38-18-2-10-26-49(38)65)47(36-64)61(67-52-29-13-5-21-41(52)42-22-6-14-30-53(42)67)62(60(46)66-50-27-11-3-19-39(50)40-20-4-12-28-51(40)66)68-54-31-15-7-23-43(54)44-33-34-56-57(59(44)68)45-24-8-16-32-55(45)69-56/h1-34H. The zero-order valence-corrected chi connectivity index (χ0v) is 36.7. The first-order valence-corrected chi connectivity index (χ1v) is 23.1. The lowest BCUT2D eigenvalue weighted by atomic mass is 9.98. The number of furan rings is 1. The van der Waals surface area contributed by atoms with Crippen molar-refractivity contribution >= 4 is 109 Å². The highest BCUT2D eigenvalue weighted by molar-refractivity contribution is 6.25. The number of rotatable bonds is 4. The molecule has 15 rings (SSSR count). The van der Waals surface area contributed by atoms with Crippen LogP contribution in [0.5, 0.6) is 0 Å². The summed E-state index contributed by atoms with van der Waals surface area (Å²) in [4.78, 5) is 0. The van der Waals surface area contributed by atoms with Crippen LogP contribution in [0.1, 0.15) is 11.1 Å². The van der Waals surface area contributed by atoms with Crippen LogP contribution in [-0.2, 0) is 0 Å². The van der Waals surface area contributed by atoms with Crippen LogP contribution in [0.15, 0.2) is 211 Å². The Morgan fingerprint density at radius 1 is 0.275 bits per heavy atom. The minimum atomic E-state index is 0.360. The van der Waals surface area contributed by atoms with Crippen LogP contribution in [0.4, 0.5) is 0 Å². The summed E-state index contributed by atoms with van der Waals surface area (Å²) in [5.74, 6) is 0. The molecule has 0 fully saturated rings. The van der Waals surface area contributed by atoms with Crippen molar-refractivity contribution in [2.75, 3.05) is 0 Å². The molecule has 0 unspecified atom stereocenters. The van der Waals surface area contributed by atoms with Crippen molar-refractivity contribution in [2.45, 2.75) is 0 Å². The molecule has 0 aliphatic heterocycles. The van der Waals surface area contributed by atoms with Gasteiger partial charge >= 0.3 is 0 Å². The first kappa shape index (κ1) is 37.4. The molecule has 0 spiro atoms. The summed E-state index contributed by atoms with van der Waals surface area (Å²) in [7, 11) is 0. The first-order valence-electron chi connectivity index (χ1n) is 23.1. The van der Waals surface area contributed by atoms with Gasteiger partial charge in [-0.1, -0.05) is 146 Å². The molecule has 5 heterocycles. The molecule has 0 bridgehead atoms. The predicted octanol–water partition coefficient (Wildman–Crippen LogP) is 15.7. The summed E-state index contributed by atoms with van der Waals surface area (Å²) >= 11 is 0. The third kappa shape index (κ3) is 4.82. The van der Waals surface area contributed by atoms with Crippen LogP contribution in [0.2, 0.25) is 0 Å². The lowest BCUT2D eigenvalue weighted by Gasteiger charge is -2.27. The molecule has 69 heavy (non-hydrogen) atoms. The highest BCUT2D eigenvalue weighted by Crippen LogP contribution is 2.50. The summed E-state index contributed by atoms with van der Waals surface area (Å²) in [6, 6.07) is 77.0. The molecule has 5 aromatic heterocycles. The van der Waals surface area contributed by atoms with E-state index in [4.69, 9.17) is 4.42 Å². The molecule has 0 radical (unpaired) electrons. The number of benzene rings is 10. The topological polar surface area (TPSA) is 80.4 Å². The van der Waals surface area contributed by atoms with E-state index in [1.54, 1.807) is 0 Å². The van der Waals surface area contributed by atoms with Crippen molar-refractivity contribution < 1.29 is 4.42 Å². The second kappa shape index (κ2) is 13.9. The molecule has 0 amide bonds. The van der Waals surface area contributed by atoms with Crippen molar-refractivity contribution in [3.05, 3.63) is 217 Å². The van der Waals surface area contributed by atoms with Gasteiger partial charge in [0.15, 0.2) is 0 Å². The Labute approximate surface area is 392 Å². The number of fused-ring (bicyclic) bond motifs is 16. The van der Waals surface area contributed by atoms with E-state index in [0.717, 1.165) is 109 Å². The number of hydrogen-bond donors (Lipinski definition) is 0. The van der Waals surface area contributed by atoms with Crippen molar-refractivity contribution in [1.82, 2.24) is 18.3 Å². The molecule has 0 atom stereocenters. The Kier molecular flexibility index (Phi) is 7.51. The van der Waals surface area contributed by atoms with Gasteiger partial charge < -0.3 is 22.7 Å². The summed E-state index contributed by atoms with van der Waals surface area (Å²) in [5.41, 5.74) is 12.1. The lowest BCUT2D eigenvalue weighted by Crippen LogP contribution is -2.17. The van der Waals surface area contributed by atoms with Gasteiger partial charge in [-0.2, -0.15) is 10.5 Å². The largest absolute Gasteiger partial charge is 0.456 e. The van der Waals surface area contributed by atoms with Gasteiger partial charge in [0, 0.05) is 48.5 Å². The number of nitrogens with zero attached hydrogens (tertiary/aromatic N) is 6. The quantitative estimate of drug-likeness (QED) is 0.177. The molecule has 0 aliphatic rings. The Balaban J connectivity index is 1.31. The van der Waals surface area contributed by atoms with Gasteiger partial charge in [0.1, 0.15) is 34.4 Å². The lowest BCUT2D eigenvalue weighted by molar-refractivity contribution is 0.669. The van der Waals surface area contributed by atoms with Gasteiger partial charge in [0.25, 0.3) is 0 Å². The van der Waals surface area contributed by atoms with Crippen molar-refractivity contribution in [3.8, 4) is 34.9 Å². The summed E-state index contributed by atoms with van der Waals surface area (Å²) < 4.78 is 15.7. The van der Waals surface area contributed by atoms with Gasteiger partial charge in [-0.25, -0.2) is 0 Å². The maximum Gasteiger partial charge on any atom is 0.137 e. The molecule has 318 valence electrons. The average Bonchev–Trinajstić information content (AvgIpc) is 4.21. The molecule has 10 aromatic carbocycles. The second-order valence-corrected chi connectivity index (χ2v) is 17.8. The molecular formula is C62H34N6O. The third-order valence-corrected chi connectivity index (χ3v) is 14.4. The molecule has 0 N–H and O–H groups in total. The number of nitriles is 2. The van der Waals surface area contributed by atoms with Gasteiger partial charge in [-0.15, -0.1) is 0 Å². The van der Waals surface area contributed by atoms with Gasteiger partial charge in [0.05, 0.1) is 72.3 Å². The Morgan fingerprint density at radius 2 is 0.594 bits per heavy atom. The van der Waals surface area contributed by atoms with Gasteiger partial charge in [0.2, 0.25) is 0 Å². The van der Waals surface area contributed by atoms with E-state index in [2.05, 4.69) is 200 Å². The van der Waals surface area contributed by atoms with Crippen LogP contribution >= 0.6 is 0 Å². The van der Waals surface area contributed by atoms with E-state index < -0.39 is 0 Å². The zero-order chi connectivity index (χ0) is 45.5. The van der Waals surface area contributed by atoms with E-state index in [9.17, 15) is 10.5 Å². The van der Waals surface area contributed by atoms with E-state index in [1.165, 1.54) is 0 Å². The SMILES string of the molecule is N#Cc1c(-n2c3ccccc3c3ccccc32)c(C#N)c(-n2c3ccccc3c3ccccc32)c(-n2c3ccccc3c3ccc4oc5ccccc5c4c32)c1-n1c2ccccc2c2ccccc21. The normalized spacial score (nSPS) is 12.0. The molecule has 0 saturated carbocycles. The smallest absolute Gasteiger partial charge is 0.137 e. The maximum absolute atomic E-state index is 12.4. The third-order valence-electron chi connectivity index (χ3n) is 14.4. The average molecular weight is 879 g/mol. The maximum atomic E-state index is 12.4. The van der Waals surface area contributed by atoms with Gasteiger partial charge in [-0.05, 0) is 60.7 Å². The molecule has 15 aromatic rings. The van der Waals surface area contributed by atoms with Crippen LogP contribution in [0.25, 0.3) is 132 Å². The van der Waals surface area contributed by atoms with Crippen LogP contribution in [0, 0.1) is 22.7 Å². The fourth-order valence-corrected chi connectivity index (χ4v) is 11.8. The zero-order valence-electron chi connectivity index (χ0n) is 36.7. The van der Waals surface area contributed by atoms with E-state index >= 15 is 0 Å².